The number of hydrogen-bond donors (Lipinski definition) is 0. The van der Waals surface area contributed by atoms with Crippen LogP contribution in [0.1, 0.15) is 24.5 Å². The minimum atomic E-state index is -0.638. The van der Waals surface area contributed by atoms with Gasteiger partial charge in [0.05, 0.1) is 6.61 Å². The van der Waals surface area contributed by atoms with Gasteiger partial charge in [-0.15, -0.1) is 0 Å². The molecule has 0 saturated heterocycles. The van der Waals surface area contributed by atoms with Crippen molar-refractivity contribution in [1.29, 1.82) is 0 Å². The molecule has 0 radical (unpaired) electrons. The van der Waals surface area contributed by atoms with Gasteiger partial charge in [-0.25, -0.2) is 4.79 Å². The molecular formula is C20H21NO3. The van der Waals surface area contributed by atoms with Gasteiger partial charge in [0, 0.05) is 18.5 Å². The first-order chi connectivity index (χ1) is 11.7. The molecule has 3 rings (SSSR count). The van der Waals surface area contributed by atoms with Crippen LogP contribution in [0.5, 0.6) is 0 Å². The number of ether oxygens (including phenoxy) is 1. The van der Waals surface area contributed by atoms with Crippen LogP contribution in [-0.2, 0) is 27.2 Å². The SMILES string of the molecule is CCOC(=O)C(Cc1ccccc1)N1C(=O)CCc2ccccc21. The number of fused-ring (bicyclic) bond motifs is 1. The minimum absolute atomic E-state index is 0.0253. The van der Waals surface area contributed by atoms with Crippen molar-refractivity contribution in [3.8, 4) is 0 Å². The van der Waals surface area contributed by atoms with Gasteiger partial charge in [-0.3, -0.25) is 9.69 Å². The zero-order valence-corrected chi connectivity index (χ0v) is 13.8. The Labute approximate surface area is 142 Å². The van der Waals surface area contributed by atoms with Gasteiger partial charge in [0.2, 0.25) is 5.91 Å². The molecule has 1 aliphatic heterocycles. The summed E-state index contributed by atoms with van der Waals surface area (Å²) in [5, 5.41) is 0. The molecule has 1 atom stereocenters. The summed E-state index contributed by atoms with van der Waals surface area (Å²) in [6.07, 6.45) is 1.58. The maximum atomic E-state index is 12.6. The lowest BCUT2D eigenvalue weighted by Crippen LogP contribution is -2.49. The zero-order valence-electron chi connectivity index (χ0n) is 13.8. The summed E-state index contributed by atoms with van der Waals surface area (Å²) in [6, 6.07) is 16.9. The highest BCUT2D eigenvalue weighted by molar-refractivity contribution is 6.01. The molecule has 0 fully saturated rings. The number of carbonyl (C=O) groups is 2. The molecule has 4 nitrogen and oxygen atoms in total. The molecule has 24 heavy (non-hydrogen) atoms. The first kappa shape index (κ1) is 16.2. The Morgan fingerprint density at radius 3 is 2.54 bits per heavy atom. The molecule has 0 saturated carbocycles. The summed E-state index contributed by atoms with van der Waals surface area (Å²) in [5.41, 5.74) is 2.92. The number of nitrogens with zero attached hydrogens (tertiary/aromatic N) is 1. The van der Waals surface area contributed by atoms with Crippen LogP contribution >= 0.6 is 0 Å². The average Bonchev–Trinajstić information content (AvgIpc) is 2.61. The van der Waals surface area contributed by atoms with E-state index >= 15 is 0 Å². The van der Waals surface area contributed by atoms with Crippen LogP contribution in [0, 0.1) is 0 Å². The molecule has 2 aromatic rings. The third-order valence-electron chi connectivity index (χ3n) is 4.27. The van der Waals surface area contributed by atoms with E-state index in [4.69, 9.17) is 4.74 Å². The summed E-state index contributed by atoms with van der Waals surface area (Å²) in [4.78, 5) is 26.8. The number of rotatable bonds is 5. The lowest BCUT2D eigenvalue weighted by atomic mass is 9.96. The number of amides is 1. The molecule has 1 unspecified atom stereocenters. The van der Waals surface area contributed by atoms with Crippen LogP contribution < -0.4 is 4.90 Å². The zero-order chi connectivity index (χ0) is 16.9. The molecule has 124 valence electrons. The molecule has 0 aromatic heterocycles. The van der Waals surface area contributed by atoms with Crippen molar-refractivity contribution in [1.82, 2.24) is 0 Å². The number of aryl methyl sites for hydroxylation is 1. The Bertz CT molecular complexity index is 727. The molecule has 0 bridgehead atoms. The Morgan fingerprint density at radius 2 is 1.79 bits per heavy atom. The van der Waals surface area contributed by atoms with Crippen LogP contribution in [0.4, 0.5) is 5.69 Å². The van der Waals surface area contributed by atoms with Crippen molar-refractivity contribution in [3.05, 3.63) is 65.7 Å². The molecule has 1 aliphatic rings. The lowest BCUT2D eigenvalue weighted by molar-refractivity contribution is -0.146. The standard InChI is InChI=1S/C20H21NO3/c1-2-24-20(23)18(14-15-8-4-3-5-9-15)21-17-11-7-6-10-16(17)12-13-19(21)22/h3-11,18H,2,12-14H2,1H3. The van der Waals surface area contributed by atoms with Crippen molar-refractivity contribution >= 4 is 17.6 Å². The highest BCUT2D eigenvalue weighted by Gasteiger charge is 2.35. The minimum Gasteiger partial charge on any atom is -0.464 e. The summed E-state index contributed by atoms with van der Waals surface area (Å²) in [7, 11) is 0. The fourth-order valence-corrected chi connectivity index (χ4v) is 3.15. The average molecular weight is 323 g/mol. The maximum absolute atomic E-state index is 12.6. The van der Waals surface area contributed by atoms with Crippen LogP contribution in [0.15, 0.2) is 54.6 Å². The molecule has 1 heterocycles. The highest BCUT2D eigenvalue weighted by atomic mass is 16.5. The molecule has 0 aliphatic carbocycles. The van der Waals surface area contributed by atoms with Gasteiger partial charge < -0.3 is 4.74 Å². The Balaban J connectivity index is 1.98. The number of esters is 1. The van der Waals surface area contributed by atoms with Gasteiger partial charge in [0.25, 0.3) is 0 Å². The maximum Gasteiger partial charge on any atom is 0.329 e. The Morgan fingerprint density at radius 1 is 1.08 bits per heavy atom. The van der Waals surface area contributed by atoms with E-state index in [9.17, 15) is 9.59 Å². The Hall–Kier alpha value is -2.62. The van der Waals surface area contributed by atoms with Crippen molar-refractivity contribution in [2.24, 2.45) is 0 Å². The fraction of sp³-hybridized carbons (Fsp3) is 0.300. The van der Waals surface area contributed by atoms with Crippen molar-refractivity contribution in [2.75, 3.05) is 11.5 Å². The number of anilines is 1. The molecule has 2 aromatic carbocycles. The summed E-state index contributed by atoms with van der Waals surface area (Å²) in [6.45, 7) is 2.08. The van der Waals surface area contributed by atoms with Gasteiger partial charge in [-0.2, -0.15) is 0 Å². The largest absolute Gasteiger partial charge is 0.464 e. The molecule has 0 N–H and O–H groups in total. The van der Waals surface area contributed by atoms with E-state index in [0.717, 1.165) is 16.8 Å². The molecule has 4 heteroatoms. The lowest BCUT2D eigenvalue weighted by Gasteiger charge is -2.35. The summed E-state index contributed by atoms with van der Waals surface area (Å²) >= 11 is 0. The third-order valence-corrected chi connectivity index (χ3v) is 4.27. The van der Waals surface area contributed by atoms with E-state index in [1.807, 2.05) is 54.6 Å². The predicted octanol–water partition coefficient (Wildman–Crippen LogP) is 3.14. The topological polar surface area (TPSA) is 46.6 Å². The quantitative estimate of drug-likeness (QED) is 0.794. The summed E-state index contributed by atoms with van der Waals surface area (Å²) in [5.74, 6) is -0.380. The third kappa shape index (κ3) is 3.32. The van der Waals surface area contributed by atoms with E-state index in [0.29, 0.717) is 25.9 Å². The normalized spacial score (nSPS) is 14.9. The second kappa shape index (κ2) is 7.30. The molecule has 0 spiro atoms. The van der Waals surface area contributed by atoms with E-state index in [-0.39, 0.29) is 11.9 Å². The first-order valence-electron chi connectivity index (χ1n) is 8.31. The van der Waals surface area contributed by atoms with E-state index in [1.54, 1.807) is 11.8 Å². The van der Waals surface area contributed by atoms with E-state index in [2.05, 4.69) is 0 Å². The van der Waals surface area contributed by atoms with Crippen LogP contribution in [0.2, 0.25) is 0 Å². The van der Waals surface area contributed by atoms with Crippen molar-refractivity contribution < 1.29 is 14.3 Å². The second-order valence-corrected chi connectivity index (χ2v) is 5.85. The number of hydrogen-bond acceptors (Lipinski definition) is 3. The Kier molecular flexibility index (Phi) is 4.94. The molecule has 1 amide bonds. The van der Waals surface area contributed by atoms with Crippen LogP contribution in [-0.4, -0.2) is 24.5 Å². The van der Waals surface area contributed by atoms with Gasteiger partial charge in [0.15, 0.2) is 0 Å². The monoisotopic (exact) mass is 323 g/mol. The van der Waals surface area contributed by atoms with Crippen LogP contribution in [0.25, 0.3) is 0 Å². The van der Waals surface area contributed by atoms with Gasteiger partial charge >= 0.3 is 5.97 Å². The van der Waals surface area contributed by atoms with E-state index in [1.165, 1.54) is 0 Å². The number of para-hydroxylation sites is 1. The molecular weight excluding hydrogens is 302 g/mol. The highest BCUT2D eigenvalue weighted by Crippen LogP contribution is 2.30. The van der Waals surface area contributed by atoms with Crippen molar-refractivity contribution in [3.63, 3.8) is 0 Å². The number of benzene rings is 2. The second-order valence-electron chi connectivity index (χ2n) is 5.85. The van der Waals surface area contributed by atoms with Crippen molar-refractivity contribution in [2.45, 2.75) is 32.2 Å². The van der Waals surface area contributed by atoms with Gasteiger partial charge in [0.1, 0.15) is 6.04 Å². The smallest absolute Gasteiger partial charge is 0.329 e. The van der Waals surface area contributed by atoms with Gasteiger partial charge in [-0.1, -0.05) is 48.5 Å². The summed E-state index contributed by atoms with van der Waals surface area (Å²) < 4.78 is 5.26. The predicted molar refractivity (Wildman–Crippen MR) is 92.8 cm³/mol. The van der Waals surface area contributed by atoms with E-state index < -0.39 is 6.04 Å². The number of carbonyl (C=O) groups excluding carboxylic acids is 2. The fourth-order valence-electron chi connectivity index (χ4n) is 3.15. The first-order valence-corrected chi connectivity index (χ1v) is 8.31. The van der Waals surface area contributed by atoms with Crippen LogP contribution in [0.3, 0.4) is 0 Å². The van der Waals surface area contributed by atoms with Gasteiger partial charge in [-0.05, 0) is 30.5 Å².